The number of alkyl carbamates (subject to hydrolysis) is 1. The summed E-state index contributed by atoms with van der Waals surface area (Å²) >= 11 is 1.74. The molecule has 0 bridgehead atoms. The largest absolute Gasteiger partial charge is 0.444 e. The summed E-state index contributed by atoms with van der Waals surface area (Å²) < 4.78 is 5.34. The maximum Gasteiger partial charge on any atom is 0.407 e. The summed E-state index contributed by atoms with van der Waals surface area (Å²) in [6.45, 7) is 17.7. The van der Waals surface area contributed by atoms with Gasteiger partial charge in [-0.25, -0.2) is 9.78 Å². The van der Waals surface area contributed by atoms with Crippen LogP contribution in [0.2, 0.25) is 0 Å². The first-order valence-electron chi connectivity index (χ1n) is 8.54. The summed E-state index contributed by atoms with van der Waals surface area (Å²) in [5.41, 5.74) is -0.396. The van der Waals surface area contributed by atoms with Gasteiger partial charge in [-0.15, -0.1) is 11.3 Å². The molecule has 1 amide bonds. The molecule has 1 rings (SSSR count). The molecule has 1 heterocycles. The molecule has 5 nitrogen and oxygen atoms in total. The Bertz CT molecular complexity index is 527. The van der Waals surface area contributed by atoms with Crippen LogP contribution in [0, 0.1) is 5.92 Å². The monoisotopic (exact) mass is 355 g/mol. The average Bonchev–Trinajstić information content (AvgIpc) is 2.83. The van der Waals surface area contributed by atoms with Crippen LogP contribution in [0.1, 0.15) is 65.3 Å². The number of ether oxygens (including phenoxy) is 1. The van der Waals surface area contributed by atoms with Gasteiger partial charge in [0.2, 0.25) is 0 Å². The van der Waals surface area contributed by atoms with Crippen LogP contribution in [-0.4, -0.2) is 29.3 Å². The van der Waals surface area contributed by atoms with Crippen molar-refractivity contribution in [3.05, 3.63) is 16.1 Å². The van der Waals surface area contributed by atoms with Crippen molar-refractivity contribution in [1.29, 1.82) is 0 Å². The van der Waals surface area contributed by atoms with E-state index in [1.165, 1.54) is 4.88 Å². The number of hydrogen-bond donors (Lipinski definition) is 2. The van der Waals surface area contributed by atoms with Crippen LogP contribution in [0.4, 0.5) is 4.79 Å². The lowest BCUT2D eigenvalue weighted by atomic mass is 9.98. The third kappa shape index (κ3) is 7.62. The van der Waals surface area contributed by atoms with Gasteiger partial charge in [0.15, 0.2) is 0 Å². The summed E-state index contributed by atoms with van der Waals surface area (Å²) in [5, 5.41) is 7.51. The first kappa shape index (κ1) is 20.9. The van der Waals surface area contributed by atoms with Crippen LogP contribution in [0.15, 0.2) is 6.20 Å². The van der Waals surface area contributed by atoms with E-state index in [-0.39, 0.29) is 17.6 Å². The van der Waals surface area contributed by atoms with Crippen molar-refractivity contribution >= 4 is 17.4 Å². The molecule has 2 N–H and O–H groups in total. The summed E-state index contributed by atoms with van der Waals surface area (Å²) in [7, 11) is 0. The first-order valence-corrected chi connectivity index (χ1v) is 9.35. The van der Waals surface area contributed by atoms with Crippen molar-refractivity contribution in [2.45, 2.75) is 79.0 Å². The summed E-state index contributed by atoms with van der Waals surface area (Å²) in [5.74, 6) is 0.316. The molecule has 0 fully saturated rings. The molecule has 0 aliphatic rings. The van der Waals surface area contributed by atoms with Crippen LogP contribution >= 0.6 is 11.3 Å². The Morgan fingerprint density at radius 2 is 1.88 bits per heavy atom. The van der Waals surface area contributed by atoms with Gasteiger partial charge >= 0.3 is 6.09 Å². The zero-order valence-electron chi connectivity index (χ0n) is 16.3. The Balaban J connectivity index is 2.49. The van der Waals surface area contributed by atoms with Gasteiger partial charge < -0.3 is 15.4 Å². The van der Waals surface area contributed by atoms with Crippen LogP contribution in [0.25, 0.3) is 0 Å². The van der Waals surface area contributed by atoms with Gasteiger partial charge in [0.05, 0.1) is 5.01 Å². The fraction of sp³-hybridized carbons (Fsp3) is 0.778. The highest BCUT2D eigenvalue weighted by Gasteiger charge is 2.22. The lowest BCUT2D eigenvalue weighted by Gasteiger charge is -2.26. The smallest absolute Gasteiger partial charge is 0.407 e. The van der Waals surface area contributed by atoms with E-state index in [0.717, 1.165) is 11.6 Å². The maximum atomic E-state index is 12.0. The first-order chi connectivity index (χ1) is 10.9. The van der Waals surface area contributed by atoms with Crippen LogP contribution in [0.5, 0.6) is 0 Å². The average molecular weight is 356 g/mol. The number of nitrogens with one attached hydrogen (secondary N) is 2. The Morgan fingerprint density at radius 3 is 2.33 bits per heavy atom. The van der Waals surface area contributed by atoms with Gasteiger partial charge in [-0.2, -0.15) is 0 Å². The predicted octanol–water partition coefficient (Wildman–Crippen LogP) is 4.08. The van der Waals surface area contributed by atoms with Gasteiger partial charge in [0.25, 0.3) is 0 Å². The zero-order chi connectivity index (χ0) is 18.5. The molecule has 0 aliphatic heterocycles. The fourth-order valence-corrected chi connectivity index (χ4v) is 2.94. The number of aromatic nitrogens is 1. The van der Waals surface area contributed by atoms with Crippen LogP contribution < -0.4 is 10.6 Å². The lowest BCUT2D eigenvalue weighted by Crippen LogP contribution is -2.46. The normalized spacial score (nSPS) is 13.9. The minimum absolute atomic E-state index is 0.0230. The van der Waals surface area contributed by atoms with Crippen LogP contribution in [0.3, 0.4) is 0 Å². The molecule has 0 aliphatic carbocycles. The van der Waals surface area contributed by atoms with E-state index in [1.54, 1.807) is 11.3 Å². The number of nitrogens with zero attached hydrogens (tertiary/aromatic N) is 1. The molecule has 0 spiro atoms. The number of amides is 1. The third-order valence-electron chi connectivity index (χ3n) is 3.37. The molecular weight excluding hydrogens is 322 g/mol. The summed E-state index contributed by atoms with van der Waals surface area (Å²) in [4.78, 5) is 17.7. The topological polar surface area (TPSA) is 63.2 Å². The highest BCUT2D eigenvalue weighted by Crippen LogP contribution is 2.26. The molecule has 1 aromatic rings. The number of rotatable bonds is 6. The minimum Gasteiger partial charge on any atom is -0.444 e. The second kappa shape index (κ2) is 8.30. The summed E-state index contributed by atoms with van der Waals surface area (Å²) in [6.07, 6.45) is 1.57. The summed E-state index contributed by atoms with van der Waals surface area (Å²) in [6, 6.07) is 0.0230. The maximum absolute atomic E-state index is 12.0. The van der Waals surface area contributed by atoms with Crippen molar-refractivity contribution in [2.24, 2.45) is 5.92 Å². The minimum atomic E-state index is -0.481. The molecule has 0 saturated heterocycles. The van der Waals surface area contributed by atoms with Crippen molar-refractivity contribution < 1.29 is 9.53 Å². The van der Waals surface area contributed by atoms with Gasteiger partial charge in [-0.3, -0.25) is 0 Å². The van der Waals surface area contributed by atoms with Gasteiger partial charge in [0.1, 0.15) is 5.60 Å². The van der Waals surface area contributed by atoms with E-state index < -0.39 is 5.60 Å². The standard InChI is InChI=1S/C18H33N3O2S/c1-12(2)14(21-16(22)23-18(6,7)8)11-19-9-13-10-20-15(24-13)17(3,4)5/h10,12,14,19H,9,11H2,1-8H3,(H,21,22). The van der Waals surface area contributed by atoms with Crippen LogP contribution in [-0.2, 0) is 16.7 Å². The van der Waals surface area contributed by atoms with Crippen molar-refractivity contribution in [3.8, 4) is 0 Å². The highest BCUT2D eigenvalue weighted by molar-refractivity contribution is 7.11. The van der Waals surface area contributed by atoms with Gasteiger partial charge in [0, 0.05) is 35.6 Å². The van der Waals surface area contributed by atoms with Crippen molar-refractivity contribution in [2.75, 3.05) is 6.54 Å². The molecule has 1 aromatic heterocycles. The number of carbonyl (C=O) groups is 1. The zero-order valence-corrected chi connectivity index (χ0v) is 17.1. The Hall–Kier alpha value is -1.14. The van der Waals surface area contributed by atoms with E-state index in [1.807, 2.05) is 27.0 Å². The fourth-order valence-electron chi connectivity index (χ4n) is 2.00. The van der Waals surface area contributed by atoms with Gasteiger partial charge in [-0.05, 0) is 26.7 Å². The number of thiazole rings is 1. The van der Waals surface area contributed by atoms with Crippen molar-refractivity contribution in [3.63, 3.8) is 0 Å². The SMILES string of the molecule is CC(C)C(CNCc1cnc(C(C)(C)C)s1)NC(=O)OC(C)(C)C. The van der Waals surface area contributed by atoms with E-state index in [0.29, 0.717) is 12.5 Å². The quantitative estimate of drug-likeness (QED) is 0.807. The molecule has 1 atom stereocenters. The predicted molar refractivity (Wildman–Crippen MR) is 101 cm³/mol. The molecule has 138 valence electrons. The van der Waals surface area contributed by atoms with E-state index >= 15 is 0 Å². The molecule has 1 unspecified atom stereocenters. The molecule has 24 heavy (non-hydrogen) atoms. The Labute approximate surface area is 150 Å². The lowest BCUT2D eigenvalue weighted by molar-refractivity contribution is 0.0490. The Morgan fingerprint density at radius 1 is 1.25 bits per heavy atom. The molecular formula is C18H33N3O2S. The van der Waals surface area contributed by atoms with E-state index in [4.69, 9.17) is 4.74 Å². The third-order valence-corrected chi connectivity index (χ3v) is 4.79. The second-order valence-electron chi connectivity index (χ2n) is 8.51. The molecule has 0 radical (unpaired) electrons. The molecule has 0 saturated carbocycles. The molecule has 0 aromatic carbocycles. The number of carbonyl (C=O) groups excluding carboxylic acids is 1. The second-order valence-corrected chi connectivity index (χ2v) is 9.62. The van der Waals surface area contributed by atoms with E-state index in [2.05, 4.69) is 50.2 Å². The van der Waals surface area contributed by atoms with E-state index in [9.17, 15) is 4.79 Å². The molecule has 6 heteroatoms. The highest BCUT2D eigenvalue weighted by atomic mass is 32.1. The van der Waals surface area contributed by atoms with Crippen molar-refractivity contribution in [1.82, 2.24) is 15.6 Å². The Kier molecular flexibility index (Phi) is 7.23. The number of hydrogen-bond acceptors (Lipinski definition) is 5. The van der Waals surface area contributed by atoms with Gasteiger partial charge in [-0.1, -0.05) is 34.6 Å².